The normalized spacial score (nSPS) is 11.7. The number of pyridine rings is 1. The average molecular weight is 454 g/mol. The Bertz CT molecular complexity index is 1310. The second kappa shape index (κ2) is 9.45. The third-order valence-corrected chi connectivity index (χ3v) is 5.00. The number of rotatable bonds is 7. The van der Waals surface area contributed by atoms with Crippen LogP contribution in [0.5, 0.6) is 11.5 Å². The molecule has 2 aromatic carbocycles. The molecule has 9 heteroatoms. The summed E-state index contributed by atoms with van der Waals surface area (Å²) in [4.78, 5) is 25.6. The molecule has 5 rings (SSSR count). The molecule has 0 saturated carbocycles. The molecule has 1 aliphatic heterocycles. The molecule has 170 valence electrons. The van der Waals surface area contributed by atoms with Gasteiger partial charge in [0.25, 0.3) is 0 Å². The van der Waals surface area contributed by atoms with Crippen LogP contribution < -0.4 is 25.4 Å². The van der Waals surface area contributed by atoms with E-state index < -0.39 is 0 Å². The number of hydrogen-bond acceptors (Lipinski definition) is 8. The highest BCUT2D eigenvalue weighted by Crippen LogP contribution is 2.32. The number of benzene rings is 2. The first kappa shape index (κ1) is 21.2. The molecule has 1 aliphatic rings. The Morgan fingerprint density at radius 2 is 1.62 bits per heavy atom. The molecule has 0 saturated heterocycles. The molecule has 0 unspecified atom stereocenters. The fraction of sp³-hybridized carbons (Fsp3) is 0.120. The SMILES string of the molecule is Cc1nc(Nc2ccc(NC(=O)Cc3ccc4c(c3)OCO4)cc2)cc(Nc2ccccn2)n1. The van der Waals surface area contributed by atoms with Gasteiger partial charge in [0.15, 0.2) is 11.5 Å². The zero-order valence-corrected chi connectivity index (χ0v) is 18.4. The van der Waals surface area contributed by atoms with Gasteiger partial charge in [-0.15, -0.1) is 0 Å². The van der Waals surface area contributed by atoms with E-state index in [0.717, 1.165) is 11.3 Å². The van der Waals surface area contributed by atoms with Crippen LogP contribution in [0.25, 0.3) is 0 Å². The summed E-state index contributed by atoms with van der Waals surface area (Å²) >= 11 is 0. The highest BCUT2D eigenvalue weighted by atomic mass is 16.7. The van der Waals surface area contributed by atoms with Crippen LogP contribution in [-0.4, -0.2) is 27.7 Å². The van der Waals surface area contributed by atoms with E-state index in [2.05, 4.69) is 30.9 Å². The summed E-state index contributed by atoms with van der Waals surface area (Å²) < 4.78 is 10.7. The van der Waals surface area contributed by atoms with E-state index in [-0.39, 0.29) is 19.1 Å². The summed E-state index contributed by atoms with van der Waals surface area (Å²) in [6.45, 7) is 2.04. The summed E-state index contributed by atoms with van der Waals surface area (Å²) in [5, 5.41) is 9.35. The van der Waals surface area contributed by atoms with Crippen LogP contribution >= 0.6 is 0 Å². The fourth-order valence-electron chi connectivity index (χ4n) is 3.49. The Morgan fingerprint density at radius 3 is 2.41 bits per heavy atom. The Balaban J connectivity index is 1.20. The Kier molecular flexibility index (Phi) is 5.89. The maximum atomic E-state index is 12.5. The van der Waals surface area contributed by atoms with Gasteiger partial charge in [-0.05, 0) is 61.0 Å². The van der Waals surface area contributed by atoms with Crippen molar-refractivity contribution in [3.63, 3.8) is 0 Å². The molecule has 1 amide bonds. The van der Waals surface area contributed by atoms with E-state index in [1.54, 1.807) is 6.20 Å². The molecular formula is C25H22N6O3. The topological polar surface area (TPSA) is 110 Å². The number of amides is 1. The number of carbonyl (C=O) groups is 1. The summed E-state index contributed by atoms with van der Waals surface area (Å²) in [7, 11) is 0. The van der Waals surface area contributed by atoms with Crippen LogP contribution in [0.1, 0.15) is 11.4 Å². The van der Waals surface area contributed by atoms with Gasteiger partial charge in [-0.2, -0.15) is 0 Å². The number of anilines is 5. The van der Waals surface area contributed by atoms with Gasteiger partial charge in [-0.1, -0.05) is 12.1 Å². The molecule has 0 fully saturated rings. The van der Waals surface area contributed by atoms with E-state index in [4.69, 9.17) is 9.47 Å². The Morgan fingerprint density at radius 1 is 0.853 bits per heavy atom. The number of nitrogens with zero attached hydrogens (tertiary/aromatic N) is 3. The highest BCUT2D eigenvalue weighted by Gasteiger charge is 2.14. The summed E-state index contributed by atoms with van der Waals surface area (Å²) in [5.41, 5.74) is 2.39. The van der Waals surface area contributed by atoms with Gasteiger partial charge in [0, 0.05) is 23.6 Å². The molecule has 2 aromatic heterocycles. The molecule has 0 spiro atoms. The molecule has 3 heterocycles. The van der Waals surface area contributed by atoms with Crippen LogP contribution in [0.2, 0.25) is 0 Å². The van der Waals surface area contributed by atoms with Crippen molar-refractivity contribution in [2.24, 2.45) is 0 Å². The smallest absolute Gasteiger partial charge is 0.231 e. The molecule has 9 nitrogen and oxygen atoms in total. The van der Waals surface area contributed by atoms with E-state index in [1.165, 1.54) is 0 Å². The van der Waals surface area contributed by atoms with Gasteiger partial charge in [0.1, 0.15) is 23.3 Å². The third kappa shape index (κ3) is 5.21. The second-order valence-corrected chi connectivity index (χ2v) is 7.64. The van der Waals surface area contributed by atoms with E-state index in [1.807, 2.05) is 73.7 Å². The molecule has 0 radical (unpaired) electrons. The highest BCUT2D eigenvalue weighted by molar-refractivity contribution is 5.92. The largest absolute Gasteiger partial charge is 0.454 e. The van der Waals surface area contributed by atoms with Crippen molar-refractivity contribution in [1.29, 1.82) is 0 Å². The molecule has 0 bridgehead atoms. The van der Waals surface area contributed by atoms with Crippen LogP contribution in [0.4, 0.5) is 28.8 Å². The van der Waals surface area contributed by atoms with Crippen molar-refractivity contribution >= 4 is 34.7 Å². The van der Waals surface area contributed by atoms with E-state index in [0.29, 0.717) is 40.5 Å². The molecule has 3 N–H and O–H groups in total. The number of nitrogens with one attached hydrogen (secondary N) is 3. The molecule has 0 atom stereocenters. The maximum absolute atomic E-state index is 12.5. The van der Waals surface area contributed by atoms with E-state index >= 15 is 0 Å². The summed E-state index contributed by atoms with van der Waals surface area (Å²) in [6, 6.07) is 20.4. The van der Waals surface area contributed by atoms with Crippen molar-refractivity contribution < 1.29 is 14.3 Å². The first-order valence-electron chi connectivity index (χ1n) is 10.7. The minimum Gasteiger partial charge on any atom is -0.454 e. The minimum atomic E-state index is -0.115. The lowest BCUT2D eigenvalue weighted by Gasteiger charge is -2.11. The van der Waals surface area contributed by atoms with Crippen molar-refractivity contribution in [1.82, 2.24) is 15.0 Å². The third-order valence-electron chi connectivity index (χ3n) is 5.00. The summed E-state index contributed by atoms with van der Waals surface area (Å²) in [6.07, 6.45) is 1.95. The van der Waals surface area contributed by atoms with Gasteiger partial charge in [-0.25, -0.2) is 15.0 Å². The fourth-order valence-corrected chi connectivity index (χ4v) is 3.49. The lowest BCUT2D eigenvalue weighted by molar-refractivity contribution is -0.115. The predicted molar refractivity (Wildman–Crippen MR) is 129 cm³/mol. The van der Waals surface area contributed by atoms with Gasteiger partial charge in [0.05, 0.1) is 6.42 Å². The molecular weight excluding hydrogens is 432 g/mol. The number of aryl methyl sites for hydroxylation is 1. The van der Waals surface area contributed by atoms with Crippen molar-refractivity contribution in [2.45, 2.75) is 13.3 Å². The van der Waals surface area contributed by atoms with Crippen LogP contribution in [-0.2, 0) is 11.2 Å². The van der Waals surface area contributed by atoms with Crippen LogP contribution in [0, 0.1) is 6.92 Å². The number of carbonyl (C=O) groups excluding carboxylic acids is 1. The molecule has 34 heavy (non-hydrogen) atoms. The van der Waals surface area contributed by atoms with Crippen LogP contribution in [0.3, 0.4) is 0 Å². The average Bonchev–Trinajstić information content (AvgIpc) is 3.29. The Hall–Kier alpha value is -4.66. The van der Waals surface area contributed by atoms with Gasteiger partial charge in [0.2, 0.25) is 12.7 Å². The lowest BCUT2D eigenvalue weighted by Crippen LogP contribution is -2.14. The predicted octanol–water partition coefficient (Wildman–Crippen LogP) is 4.58. The number of fused-ring (bicyclic) bond motifs is 1. The van der Waals surface area contributed by atoms with Crippen LogP contribution in [0.15, 0.2) is 72.9 Å². The zero-order chi connectivity index (χ0) is 23.3. The first-order chi connectivity index (χ1) is 16.6. The monoisotopic (exact) mass is 454 g/mol. The van der Waals surface area contributed by atoms with Gasteiger partial charge in [-0.3, -0.25) is 4.79 Å². The number of aromatic nitrogens is 3. The minimum absolute atomic E-state index is 0.115. The first-order valence-corrected chi connectivity index (χ1v) is 10.7. The number of hydrogen-bond donors (Lipinski definition) is 3. The molecule has 4 aromatic rings. The quantitative estimate of drug-likeness (QED) is 0.372. The van der Waals surface area contributed by atoms with Crippen molar-refractivity contribution in [3.05, 3.63) is 84.3 Å². The van der Waals surface area contributed by atoms with Crippen molar-refractivity contribution in [2.75, 3.05) is 22.7 Å². The zero-order valence-electron chi connectivity index (χ0n) is 18.4. The molecule has 0 aliphatic carbocycles. The Labute approximate surface area is 196 Å². The van der Waals surface area contributed by atoms with Gasteiger partial charge < -0.3 is 25.4 Å². The van der Waals surface area contributed by atoms with E-state index in [9.17, 15) is 4.79 Å². The van der Waals surface area contributed by atoms with Crippen molar-refractivity contribution in [3.8, 4) is 11.5 Å². The standard InChI is InChI=1S/C25H22N6O3/c1-16-27-23(14-24(28-16)31-22-4-2-3-11-26-22)29-18-6-8-19(9-7-18)30-25(32)13-17-5-10-20-21(12-17)34-15-33-20/h2-12,14H,13,15H2,1H3,(H,30,32)(H2,26,27,28,29,31). The number of ether oxygens (including phenoxy) is 2. The van der Waals surface area contributed by atoms with Gasteiger partial charge >= 0.3 is 0 Å². The summed E-state index contributed by atoms with van der Waals surface area (Å²) in [5.74, 6) is 3.86. The second-order valence-electron chi connectivity index (χ2n) is 7.64. The maximum Gasteiger partial charge on any atom is 0.231 e. The lowest BCUT2D eigenvalue weighted by atomic mass is 10.1.